The van der Waals surface area contributed by atoms with Crippen LogP contribution in [-0.4, -0.2) is 17.8 Å². The molecule has 2 nitrogen and oxygen atoms in total. The van der Waals surface area contributed by atoms with E-state index in [1.165, 1.54) is 32.1 Å². The zero-order valence-electron chi connectivity index (χ0n) is 13.8. The molecule has 1 unspecified atom stereocenters. The van der Waals surface area contributed by atoms with E-state index in [1.54, 1.807) is 0 Å². The number of ether oxygens (including phenoxy) is 1. The van der Waals surface area contributed by atoms with Crippen molar-refractivity contribution in [3.8, 4) is 17.6 Å². The van der Waals surface area contributed by atoms with Gasteiger partial charge in [-0.25, -0.2) is 0 Å². The normalized spacial score (nSPS) is 22.5. The highest BCUT2D eigenvalue weighted by Gasteiger charge is 2.21. The lowest BCUT2D eigenvalue weighted by Gasteiger charge is -2.28. The van der Waals surface area contributed by atoms with Gasteiger partial charge in [0.25, 0.3) is 0 Å². The van der Waals surface area contributed by atoms with E-state index in [4.69, 9.17) is 4.74 Å². The van der Waals surface area contributed by atoms with Crippen molar-refractivity contribution in [2.75, 3.05) is 6.61 Å². The Hall–Kier alpha value is -1.46. The van der Waals surface area contributed by atoms with Crippen LogP contribution >= 0.6 is 0 Å². The molecule has 120 valence electrons. The van der Waals surface area contributed by atoms with Gasteiger partial charge in [-0.3, -0.25) is 0 Å². The lowest BCUT2D eigenvalue weighted by Crippen LogP contribution is -2.18. The standard InChI is InChI=1S/C20H28O2/c1-3-16-5-7-18(8-6-16)15-19(21)12-9-17-10-13-20(14-11-17)22-4-2/h10-11,13-14,16,18-19,21H,3-8,15H2,1-2H3. The first-order valence-electron chi connectivity index (χ1n) is 8.63. The molecule has 1 aromatic rings. The lowest BCUT2D eigenvalue weighted by molar-refractivity contribution is 0.163. The van der Waals surface area contributed by atoms with Crippen molar-refractivity contribution in [1.29, 1.82) is 0 Å². The number of aliphatic hydroxyl groups excluding tert-OH is 1. The van der Waals surface area contributed by atoms with Crippen molar-refractivity contribution in [1.82, 2.24) is 0 Å². The van der Waals surface area contributed by atoms with Crippen molar-refractivity contribution >= 4 is 0 Å². The minimum Gasteiger partial charge on any atom is -0.494 e. The molecule has 0 bridgehead atoms. The quantitative estimate of drug-likeness (QED) is 0.816. The molecule has 0 radical (unpaired) electrons. The van der Waals surface area contributed by atoms with E-state index in [2.05, 4.69) is 18.8 Å². The first-order chi connectivity index (χ1) is 10.7. The fourth-order valence-electron chi connectivity index (χ4n) is 3.22. The number of aliphatic hydroxyl groups is 1. The lowest BCUT2D eigenvalue weighted by atomic mass is 9.79. The topological polar surface area (TPSA) is 29.5 Å². The van der Waals surface area contributed by atoms with Gasteiger partial charge in [0.15, 0.2) is 0 Å². The van der Waals surface area contributed by atoms with Crippen LogP contribution in [0.2, 0.25) is 0 Å². The molecular weight excluding hydrogens is 272 g/mol. The van der Waals surface area contributed by atoms with Crippen molar-refractivity contribution in [3.05, 3.63) is 29.8 Å². The van der Waals surface area contributed by atoms with Crippen LogP contribution in [0.5, 0.6) is 5.75 Å². The van der Waals surface area contributed by atoms with Crippen molar-refractivity contribution < 1.29 is 9.84 Å². The van der Waals surface area contributed by atoms with E-state index in [0.717, 1.165) is 23.7 Å². The van der Waals surface area contributed by atoms with E-state index >= 15 is 0 Å². The summed E-state index contributed by atoms with van der Waals surface area (Å²) in [4.78, 5) is 0. The molecule has 0 aliphatic heterocycles. The van der Waals surface area contributed by atoms with Gasteiger partial charge in [0.2, 0.25) is 0 Å². The van der Waals surface area contributed by atoms with Crippen LogP contribution in [0, 0.1) is 23.7 Å². The zero-order chi connectivity index (χ0) is 15.8. The number of benzene rings is 1. The molecule has 1 saturated carbocycles. The molecule has 0 aromatic heterocycles. The van der Waals surface area contributed by atoms with Crippen molar-refractivity contribution in [3.63, 3.8) is 0 Å². The molecule has 2 rings (SSSR count). The van der Waals surface area contributed by atoms with E-state index < -0.39 is 6.10 Å². The monoisotopic (exact) mass is 300 g/mol. The second-order valence-electron chi connectivity index (χ2n) is 6.27. The molecule has 1 aliphatic carbocycles. The van der Waals surface area contributed by atoms with Crippen LogP contribution in [-0.2, 0) is 0 Å². The fraction of sp³-hybridized carbons (Fsp3) is 0.600. The highest BCUT2D eigenvalue weighted by atomic mass is 16.5. The molecule has 2 heteroatoms. The summed E-state index contributed by atoms with van der Waals surface area (Å²) < 4.78 is 5.41. The third-order valence-electron chi connectivity index (χ3n) is 4.65. The second-order valence-corrected chi connectivity index (χ2v) is 6.27. The maximum Gasteiger partial charge on any atom is 0.119 e. The molecular formula is C20H28O2. The summed E-state index contributed by atoms with van der Waals surface area (Å²) in [5, 5.41) is 10.1. The Kier molecular flexibility index (Phi) is 6.80. The number of hydrogen-bond acceptors (Lipinski definition) is 2. The van der Waals surface area contributed by atoms with Crippen LogP contribution in [0.1, 0.15) is 57.9 Å². The molecule has 0 amide bonds. The van der Waals surface area contributed by atoms with Crippen molar-refractivity contribution in [2.24, 2.45) is 11.8 Å². The Balaban J connectivity index is 1.80. The van der Waals surface area contributed by atoms with E-state index in [0.29, 0.717) is 12.5 Å². The summed E-state index contributed by atoms with van der Waals surface area (Å²) >= 11 is 0. The third kappa shape index (κ3) is 5.39. The molecule has 1 fully saturated rings. The van der Waals surface area contributed by atoms with Crippen LogP contribution in [0.25, 0.3) is 0 Å². The minimum absolute atomic E-state index is 0.505. The Morgan fingerprint density at radius 3 is 2.32 bits per heavy atom. The van der Waals surface area contributed by atoms with Gasteiger partial charge >= 0.3 is 0 Å². The molecule has 0 spiro atoms. The molecule has 1 N–H and O–H groups in total. The summed E-state index contributed by atoms with van der Waals surface area (Å²) in [5.41, 5.74) is 0.928. The average Bonchev–Trinajstić information content (AvgIpc) is 2.55. The Morgan fingerprint density at radius 1 is 1.09 bits per heavy atom. The first-order valence-corrected chi connectivity index (χ1v) is 8.63. The SMILES string of the molecule is CCOc1ccc(C#CC(O)CC2CCC(CC)CC2)cc1. The Morgan fingerprint density at radius 2 is 1.73 bits per heavy atom. The van der Waals surface area contributed by atoms with Gasteiger partial charge in [-0.2, -0.15) is 0 Å². The first kappa shape index (κ1) is 16.9. The average molecular weight is 300 g/mol. The predicted molar refractivity (Wildman–Crippen MR) is 90.9 cm³/mol. The molecule has 1 aromatic carbocycles. The van der Waals surface area contributed by atoms with Gasteiger partial charge in [0.1, 0.15) is 11.9 Å². The maximum absolute atomic E-state index is 10.1. The van der Waals surface area contributed by atoms with Gasteiger partial charge in [0.05, 0.1) is 6.61 Å². The van der Waals surface area contributed by atoms with E-state index in [1.807, 2.05) is 31.2 Å². The number of rotatable bonds is 5. The minimum atomic E-state index is -0.505. The smallest absolute Gasteiger partial charge is 0.119 e. The van der Waals surface area contributed by atoms with Crippen molar-refractivity contribution in [2.45, 2.75) is 58.5 Å². The van der Waals surface area contributed by atoms with Gasteiger partial charge in [-0.1, -0.05) is 50.9 Å². The molecule has 0 heterocycles. The van der Waals surface area contributed by atoms with Crippen LogP contribution in [0.3, 0.4) is 0 Å². The second kappa shape index (κ2) is 8.86. The predicted octanol–water partition coefficient (Wildman–Crippen LogP) is 4.40. The van der Waals surface area contributed by atoms with Crippen LogP contribution in [0.15, 0.2) is 24.3 Å². The van der Waals surface area contributed by atoms with Gasteiger partial charge in [-0.05, 0) is 49.4 Å². The highest BCUT2D eigenvalue weighted by Crippen LogP contribution is 2.32. The molecule has 22 heavy (non-hydrogen) atoms. The van der Waals surface area contributed by atoms with Crippen LogP contribution in [0.4, 0.5) is 0 Å². The summed E-state index contributed by atoms with van der Waals surface area (Å²) in [6.45, 7) is 4.92. The number of hydrogen-bond donors (Lipinski definition) is 1. The van der Waals surface area contributed by atoms with E-state index in [9.17, 15) is 5.11 Å². The zero-order valence-corrected chi connectivity index (χ0v) is 13.8. The summed E-state index contributed by atoms with van der Waals surface area (Å²) in [6, 6.07) is 7.73. The van der Waals surface area contributed by atoms with E-state index in [-0.39, 0.29) is 0 Å². The third-order valence-corrected chi connectivity index (χ3v) is 4.65. The largest absolute Gasteiger partial charge is 0.494 e. The Bertz CT molecular complexity index is 487. The van der Waals surface area contributed by atoms with Gasteiger partial charge in [-0.15, -0.1) is 0 Å². The molecule has 0 saturated heterocycles. The Labute approximate surface area is 134 Å². The summed E-state index contributed by atoms with van der Waals surface area (Å²) in [6.07, 6.45) is 6.75. The highest BCUT2D eigenvalue weighted by molar-refractivity contribution is 5.38. The summed E-state index contributed by atoms with van der Waals surface area (Å²) in [5.74, 6) is 8.47. The fourth-order valence-corrected chi connectivity index (χ4v) is 3.22. The summed E-state index contributed by atoms with van der Waals surface area (Å²) in [7, 11) is 0. The molecule has 1 atom stereocenters. The van der Waals surface area contributed by atoms with Crippen LogP contribution < -0.4 is 4.74 Å². The van der Waals surface area contributed by atoms with Gasteiger partial charge in [0, 0.05) is 5.56 Å². The maximum atomic E-state index is 10.1. The molecule has 1 aliphatic rings. The van der Waals surface area contributed by atoms with Gasteiger partial charge < -0.3 is 9.84 Å².